The summed E-state index contributed by atoms with van der Waals surface area (Å²) in [6.07, 6.45) is 0. The van der Waals surface area contributed by atoms with E-state index in [9.17, 15) is 9.90 Å². The van der Waals surface area contributed by atoms with Gasteiger partial charge in [0.2, 0.25) is 5.78 Å². The van der Waals surface area contributed by atoms with Crippen molar-refractivity contribution in [3.8, 4) is 22.7 Å². The van der Waals surface area contributed by atoms with Crippen molar-refractivity contribution in [2.75, 3.05) is 0 Å². The minimum absolute atomic E-state index is 0.279. The number of aromatic nitrogens is 3. The molecule has 0 saturated heterocycles. The molecule has 0 aliphatic heterocycles. The van der Waals surface area contributed by atoms with Crippen LogP contribution in [0.2, 0.25) is 0 Å². The number of phenols is 1. The minimum Gasteiger partial charge on any atom is -0.507 e. The molecule has 35 heavy (non-hydrogen) atoms. The number of para-hydroxylation sites is 2. The van der Waals surface area contributed by atoms with Gasteiger partial charge in [0.15, 0.2) is 0 Å². The average molecular weight is 466 g/mol. The van der Waals surface area contributed by atoms with Crippen molar-refractivity contribution in [1.82, 2.24) is 14.0 Å². The van der Waals surface area contributed by atoms with Gasteiger partial charge in [0.25, 0.3) is 5.56 Å². The van der Waals surface area contributed by atoms with Crippen molar-refractivity contribution in [2.24, 2.45) is 0 Å². The molecule has 3 aromatic carbocycles. The van der Waals surface area contributed by atoms with Crippen LogP contribution in [0, 0.1) is 0 Å². The van der Waals surface area contributed by atoms with E-state index >= 15 is 0 Å². The van der Waals surface area contributed by atoms with Crippen LogP contribution in [0.25, 0.3) is 33.8 Å². The van der Waals surface area contributed by atoms with Crippen molar-refractivity contribution in [3.05, 3.63) is 94.3 Å². The first-order valence-electron chi connectivity index (χ1n) is 11.9. The second-order valence-corrected chi connectivity index (χ2v) is 11.2. The minimum atomic E-state index is -0.293. The van der Waals surface area contributed by atoms with Gasteiger partial charge in [-0.25, -0.2) is 0 Å². The number of fused-ring (bicyclic) bond motifs is 3. The monoisotopic (exact) mass is 465 g/mol. The zero-order chi connectivity index (χ0) is 25.1. The highest BCUT2D eigenvalue weighted by atomic mass is 16.3. The molecule has 2 heterocycles. The third-order valence-electron chi connectivity index (χ3n) is 6.51. The Labute approximate surface area is 205 Å². The molecule has 0 aliphatic rings. The number of imidazole rings is 1. The number of phenolic OH excluding ortho intramolecular Hbond substituents is 1. The van der Waals surface area contributed by atoms with Crippen molar-refractivity contribution < 1.29 is 5.11 Å². The van der Waals surface area contributed by atoms with Crippen LogP contribution in [0.15, 0.2) is 77.6 Å². The number of hydrogen-bond acceptors (Lipinski definition) is 3. The molecule has 1 N–H and O–H groups in total. The molecule has 5 heteroatoms. The Morgan fingerprint density at radius 3 is 1.86 bits per heavy atom. The fourth-order valence-electron chi connectivity index (χ4n) is 4.78. The number of rotatable bonds is 2. The van der Waals surface area contributed by atoms with Gasteiger partial charge in [-0.3, -0.25) is 13.8 Å². The van der Waals surface area contributed by atoms with Crippen molar-refractivity contribution >= 4 is 16.8 Å². The second-order valence-electron chi connectivity index (χ2n) is 11.2. The van der Waals surface area contributed by atoms with Gasteiger partial charge in [0.1, 0.15) is 5.75 Å². The molecule has 0 fully saturated rings. The summed E-state index contributed by atoms with van der Waals surface area (Å²) < 4.78 is 4.08. The van der Waals surface area contributed by atoms with Gasteiger partial charge < -0.3 is 5.11 Å². The summed E-state index contributed by atoms with van der Waals surface area (Å²) in [6, 6.07) is 23.6. The fourth-order valence-corrected chi connectivity index (χ4v) is 4.78. The molecular formula is C30H31N3O2. The molecule has 0 spiro atoms. The first kappa shape index (κ1) is 22.9. The lowest BCUT2D eigenvalue weighted by atomic mass is 9.79. The summed E-state index contributed by atoms with van der Waals surface area (Å²) >= 11 is 0. The largest absolute Gasteiger partial charge is 0.507 e. The molecule has 0 aliphatic carbocycles. The molecule has 0 saturated carbocycles. The Balaban J connectivity index is 1.97. The Kier molecular flexibility index (Phi) is 5.13. The van der Waals surface area contributed by atoms with Gasteiger partial charge in [0, 0.05) is 17.2 Å². The zero-order valence-corrected chi connectivity index (χ0v) is 21.1. The van der Waals surface area contributed by atoms with Gasteiger partial charge in [-0.1, -0.05) is 84.0 Å². The van der Waals surface area contributed by atoms with Crippen LogP contribution in [0.1, 0.15) is 52.7 Å². The van der Waals surface area contributed by atoms with E-state index in [1.807, 2.05) is 75.7 Å². The van der Waals surface area contributed by atoms with E-state index in [-0.39, 0.29) is 16.4 Å². The van der Waals surface area contributed by atoms with Crippen molar-refractivity contribution in [2.45, 2.75) is 52.4 Å². The predicted molar refractivity (Wildman–Crippen MR) is 143 cm³/mol. The molecule has 178 valence electrons. The lowest BCUT2D eigenvalue weighted by Gasteiger charge is -2.28. The topological polar surface area (TPSA) is 59.5 Å². The van der Waals surface area contributed by atoms with Crippen LogP contribution < -0.4 is 5.56 Å². The molecule has 0 atom stereocenters. The van der Waals surface area contributed by atoms with Crippen LogP contribution in [-0.4, -0.2) is 19.1 Å². The average Bonchev–Trinajstić information content (AvgIpc) is 3.12. The Morgan fingerprint density at radius 1 is 0.743 bits per heavy atom. The number of hydrogen-bond donors (Lipinski definition) is 1. The summed E-state index contributed by atoms with van der Waals surface area (Å²) in [5, 5.41) is 11.3. The molecule has 5 aromatic rings. The second kappa shape index (κ2) is 7.84. The van der Waals surface area contributed by atoms with E-state index in [1.165, 1.54) is 0 Å². The molecule has 0 bridgehead atoms. The molecule has 2 aromatic heterocycles. The van der Waals surface area contributed by atoms with Gasteiger partial charge >= 0.3 is 0 Å². The third kappa shape index (κ3) is 3.81. The normalized spacial score (nSPS) is 12.5. The third-order valence-corrected chi connectivity index (χ3v) is 6.51. The smallest absolute Gasteiger partial charge is 0.275 e. The predicted octanol–water partition coefficient (Wildman–Crippen LogP) is 6.61. The van der Waals surface area contributed by atoms with E-state index in [0.29, 0.717) is 11.5 Å². The molecule has 5 rings (SSSR count). The first-order valence-corrected chi connectivity index (χ1v) is 11.9. The highest BCUT2D eigenvalue weighted by molar-refractivity contribution is 5.86. The van der Waals surface area contributed by atoms with Gasteiger partial charge in [-0.05, 0) is 40.7 Å². The summed E-state index contributed by atoms with van der Waals surface area (Å²) in [4.78, 5) is 17.4. The maximum atomic E-state index is 12.9. The van der Waals surface area contributed by atoms with E-state index in [0.717, 1.165) is 39.1 Å². The van der Waals surface area contributed by atoms with Gasteiger partial charge in [0.05, 0.1) is 22.4 Å². The lowest BCUT2D eigenvalue weighted by Crippen LogP contribution is -2.18. The Morgan fingerprint density at radius 2 is 1.29 bits per heavy atom. The maximum Gasteiger partial charge on any atom is 0.275 e. The number of nitrogens with zero attached hydrogens (tertiary/aromatic N) is 3. The van der Waals surface area contributed by atoms with Crippen LogP contribution >= 0.6 is 0 Å². The summed E-state index contributed by atoms with van der Waals surface area (Å²) in [5.74, 6) is 0.868. The van der Waals surface area contributed by atoms with Crippen LogP contribution in [-0.2, 0) is 10.8 Å². The Bertz CT molecular complexity index is 1590. The first-order chi connectivity index (χ1) is 16.5. The van der Waals surface area contributed by atoms with E-state index in [4.69, 9.17) is 0 Å². The van der Waals surface area contributed by atoms with Crippen molar-refractivity contribution in [3.63, 3.8) is 0 Å². The van der Waals surface area contributed by atoms with E-state index in [1.54, 1.807) is 6.07 Å². The summed E-state index contributed by atoms with van der Waals surface area (Å²) in [6.45, 7) is 12.6. The molecule has 5 nitrogen and oxygen atoms in total. The maximum absolute atomic E-state index is 12.9. The van der Waals surface area contributed by atoms with Crippen LogP contribution in [0.4, 0.5) is 0 Å². The van der Waals surface area contributed by atoms with Gasteiger partial charge in [-0.2, -0.15) is 4.98 Å². The number of aromatic hydroxyl groups is 1. The summed E-state index contributed by atoms with van der Waals surface area (Å²) in [7, 11) is 0. The van der Waals surface area contributed by atoms with E-state index in [2.05, 4.69) is 46.5 Å². The molecule has 0 unspecified atom stereocenters. The van der Waals surface area contributed by atoms with Gasteiger partial charge in [-0.15, -0.1) is 0 Å². The standard InChI is InChI=1S/C30H31N3O2/c1-29(2,3)21-16-20(17-22(27(21)35)30(4,5)6)32-23-14-10-11-15-24(23)33-25(18-26(34)31-28(32)33)19-12-8-7-9-13-19/h7-18,35H,1-6H3. The SMILES string of the molecule is CC(C)(C)c1cc(-n2c3ccccc3n3c(-c4ccccc4)cc(=O)nc23)cc(C(C)(C)C)c1O. The molecular weight excluding hydrogens is 434 g/mol. The number of benzene rings is 3. The van der Waals surface area contributed by atoms with Crippen molar-refractivity contribution in [1.29, 1.82) is 0 Å². The van der Waals surface area contributed by atoms with E-state index < -0.39 is 0 Å². The Hall–Kier alpha value is -3.86. The highest BCUT2D eigenvalue weighted by Crippen LogP contribution is 2.41. The molecule has 0 amide bonds. The highest BCUT2D eigenvalue weighted by Gasteiger charge is 2.28. The van der Waals surface area contributed by atoms with Crippen LogP contribution in [0.5, 0.6) is 5.75 Å². The molecule has 0 radical (unpaired) electrons. The summed E-state index contributed by atoms with van der Waals surface area (Å²) in [5.41, 5.74) is 5.37. The lowest BCUT2D eigenvalue weighted by molar-refractivity contribution is 0.423. The zero-order valence-electron chi connectivity index (χ0n) is 21.1. The fraction of sp³-hybridized carbons (Fsp3) is 0.267. The van der Waals surface area contributed by atoms with Crippen LogP contribution in [0.3, 0.4) is 0 Å². The quantitative estimate of drug-likeness (QED) is 0.319.